The van der Waals surface area contributed by atoms with E-state index in [1.807, 2.05) is 0 Å². The van der Waals surface area contributed by atoms with Crippen LogP contribution >= 0.6 is 34.8 Å². The summed E-state index contributed by atoms with van der Waals surface area (Å²) in [7, 11) is 0. The van der Waals surface area contributed by atoms with Crippen molar-refractivity contribution in [1.82, 2.24) is 4.57 Å². The minimum atomic E-state index is -1.22. The van der Waals surface area contributed by atoms with Crippen molar-refractivity contribution >= 4 is 45.7 Å². The molecular formula is C13H12Cl3NO4. The summed E-state index contributed by atoms with van der Waals surface area (Å²) in [5, 5.41) is 30.9. The smallest absolute Gasteiger partial charge is 0.164 e. The number of aromatic nitrogens is 1. The van der Waals surface area contributed by atoms with Crippen LogP contribution in [-0.4, -0.2) is 44.8 Å². The van der Waals surface area contributed by atoms with Crippen LogP contribution in [0.1, 0.15) is 6.23 Å². The first-order chi connectivity index (χ1) is 9.93. The van der Waals surface area contributed by atoms with Gasteiger partial charge in [-0.2, -0.15) is 0 Å². The van der Waals surface area contributed by atoms with Gasteiger partial charge in [-0.05, 0) is 18.2 Å². The molecule has 1 fully saturated rings. The lowest BCUT2D eigenvalue weighted by Gasteiger charge is -2.19. The third-order valence-electron chi connectivity index (χ3n) is 3.61. The molecule has 0 saturated carbocycles. The fraction of sp³-hybridized carbons (Fsp3) is 0.385. The molecule has 114 valence electrons. The largest absolute Gasteiger partial charge is 0.394 e. The number of aliphatic hydroxyl groups excluding tert-OH is 3. The van der Waals surface area contributed by atoms with E-state index >= 15 is 0 Å². The minimum Gasteiger partial charge on any atom is -0.394 e. The van der Waals surface area contributed by atoms with Gasteiger partial charge in [0.2, 0.25) is 0 Å². The predicted molar refractivity (Wildman–Crippen MR) is 80.0 cm³/mol. The number of ether oxygens (including phenoxy) is 1. The molecule has 0 radical (unpaired) electrons. The van der Waals surface area contributed by atoms with E-state index in [1.54, 1.807) is 18.2 Å². The SMILES string of the molecule is OC[C@H]1O[C@@H](n2c(Cl)cc3cc(Cl)c(Cl)cc32)C(O)C1O. The van der Waals surface area contributed by atoms with Crippen LogP contribution in [0, 0.1) is 0 Å². The summed E-state index contributed by atoms with van der Waals surface area (Å²) < 4.78 is 7.01. The Morgan fingerprint density at radius 1 is 1.05 bits per heavy atom. The van der Waals surface area contributed by atoms with Crippen molar-refractivity contribution in [2.24, 2.45) is 0 Å². The maximum absolute atomic E-state index is 10.1. The van der Waals surface area contributed by atoms with E-state index in [4.69, 9.17) is 44.6 Å². The van der Waals surface area contributed by atoms with Gasteiger partial charge in [-0.1, -0.05) is 34.8 Å². The molecule has 1 aromatic carbocycles. The van der Waals surface area contributed by atoms with Crippen molar-refractivity contribution in [3.63, 3.8) is 0 Å². The minimum absolute atomic E-state index is 0.304. The van der Waals surface area contributed by atoms with Crippen molar-refractivity contribution in [3.05, 3.63) is 33.4 Å². The Bertz CT molecular complexity index is 690. The molecule has 1 saturated heterocycles. The second-order valence-corrected chi connectivity index (χ2v) is 6.09. The lowest BCUT2D eigenvalue weighted by Crippen LogP contribution is -2.33. The van der Waals surface area contributed by atoms with Gasteiger partial charge in [0.1, 0.15) is 23.5 Å². The standard InChI is InChI=1S/C13H12Cl3NO4/c14-6-1-5-2-10(16)17(8(5)3-7(6)15)13-12(20)11(19)9(4-18)21-13/h1-3,9,11-13,18-20H,4H2/t9-,11?,12?,13-/m1/s1. The molecule has 3 N–H and O–H groups in total. The lowest BCUT2D eigenvalue weighted by molar-refractivity contribution is -0.0505. The summed E-state index contributed by atoms with van der Waals surface area (Å²) >= 11 is 18.2. The predicted octanol–water partition coefficient (Wildman–Crippen LogP) is 2.21. The Hall–Kier alpha value is -0.530. The van der Waals surface area contributed by atoms with Crippen molar-refractivity contribution < 1.29 is 20.1 Å². The number of hydrogen-bond donors (Lipinski definition) is 3. The Balaban J connectivity index is 2.12. The Labute approximate surface area is 135 Å². The number of halogens is 3. The molecule has 21 heavy (non-hydrogen) atoms. The number of aliphatic hydroxyl groups is 3. The highest BCUT2D eigenvalue weighted by Crippen LogP contribution is 2.38. The molecule has 0 amide bonds. The van der Waals surface area contributed by atoms with E-state index in [9.17, 15) is 10.2 Å². The zero-order valence-electron chi connectivity index (χ0n) is 10.6. The highest BCUT2D eigenvalue weighted by atomic mass is 35.5. The molecule has 2 aromatic rings. The van der Waals surface area contributed by atoms with Crippen LogP contribution in [0.15, 0.2) is 18.2 Å². The number of fused-ring (bicyclic) bond motifs is 1. The van der Waals surface area contributed by atoms with Gasteiger partial charge in [-0.15, -0.1) is 0 Å². The zero-order valence-corrected chi connectivity index (χ0v) is 12.8. The van der Waals surface area contributed by atoms with Crippen molar-refractivity contribution in [1.29, 1.82) is 0 Å². The summed E-state index contributed by atoms with van der Waals surface area (Å²) in [6, 6.07) is 4.93. The van der Waals surface area contributed by atoms with Gasteiger partial charge in [-0.3, -0.25) is 0 Å². The molecule has 0 spiro atoms. The van der Waals surface area contributed by atoms with Gasteiger partial charge in [-0.25, -0.2) is 0 Å². The molecule has 5 nitrogen and oxygen atoms in total. The molecule has 2 unspecified atom stereocenters. The van der Waals surface area contributed by atoms with Gasteiger partial charge in [0.15, 0.2) is 6.23 Å². The maximum atomic E-state index is 10.1. The average Bonchev–Trinajstić information content (AvgIpc) is 2.89. The maximum Gasteiger partial charge on any atom is 0.164 e. The van der Waals surface area contributed by atoms with Gasteiger partial charge in [0.05, 0.1) is 22.2 Å². The lowest BCUT2D eigenvalue weighted by atomic mass is 10.1. The van der Waals surface area contributed by atoms with Crippen LogP contribution in [0.25, 0.3) is 10.9 Å². The number of nitrogens with zero attached hydrogens (tertiary/aromatic N) is 1. The third kappa shape index (κ3) is 2.43. The Morgan fingerprint density at radius 3 is 2.33 bits per heavy atom. The highest BCUT2D eigenvalue weighted by Gasteiger charge is 2.44. The van der Waals surface area contributed by atoms with E-state index in [0.29, 0.717) is 20.7 Å². The monoisotopic (exact) mass is 351 g/mol. The molecule has 0 bridgehead atoms. The molecule has 3 rings (SSSR count). The fourth-order valence-electron chi connectivity index (χ4n) is 2.54. The molecule has 8 heteroatoms. The topological polar surface area (TPSA) is 74.9 Å². The van der Waals surface area contributed by atoms with Crippen LogP contribution < -0.4 is 0 Å². The first kappa shape index (κ1) is 15.4. The molecule has 2 heterocycles. The first-order valence-electron chi connectivity index (χ1n) is 6.22. The summed E-state index contributed by atoms with van der Waals surface area (Å²) in [4.78, 5) is 0. The summed E-state index contributed by atoms with van der Waals surface area (Å²) in [5.74, 6) is 0. The third-order valence-corrected chi connectivity index (χ3v) is 4.62. The quantitative estimate of drug-likeness (QED) is 0.775. The summed E-state index contributed by atoms with van der Waals surface area (Å²) in [5.41, 5.74) is 0.615. The Morgan fingerprint density at radius 2 is 1.71 bits per heavy atom. The van der Waals surface area contributed by atoms with Crippen LogP contribution in [0.4, 0.5) is 0 Å². The number of benzene rings is 1. The highest BCUT2D eigenvalue weighted by molar-refractivity contribution is 6.43. The second-order valence-electron chi connectivity index (χ2n) is 4.89. The van der Waals surface area contributed by atoms with E-state index in [2.05, 4.69) is 0 Å². The van der Waals surface area contributed by atoms with Gasteiger partial charge in [0, 0.05) is 5.39 Å². The van der Waals surface area contributed by atoms with E-state index in [0.717, 1.165) is 5.39 Å². The fourth-order valence-corrected chi connectivity index (χ4v) is 3.18. The van der Waals surface area contributed by atoms with Gasteiger partial charge < -0.3 is 24.6 Å². The van der Waals surface area contributed by atoms with Crippen molar-refractivity contribution in [3.8, 4) is 0 Å². The van der Waals surface area contributed by atoms with Crippen LogP contribution in [-0.2, 0) is 4.74 Å². The van der Waals surface area contributed by atoms with Crippen LogP contribution in [0.2, 0.25) is 15.2 Å². The molecule has 4 atom stereocenters. The van der Waals surface area contributed by atoms with E-state index < -0.39 is 31.1 Å². The molecule has 1 aliphatic heterocycles. The van der Waals surface area contributed by atoms with Gasteiger partial charge >= 0.3 is 0 Å². The average molecular weight is 353 g/mol. The first-order valence-corrected chi connectivity index (χ1v) is 7.35. The van der Waals surface area contributed by atoms with E-state index in [-0.39, 0.29) is 0 Å². The summed E-state index contributed by atoms with van der Waals surface area (Å²) in [6.45, 7) is -0.405. The van der Waals surface area contributed by atoms with Crippen LogP contribution in [0.5, 0.6) is 0 Å². The molecular weight excluding hydrogens is 341 g/mol. The van der Waals surface area contributed by atoms with E-state index in [1.165, 1.54) is 4.57 Å². The molecule has 0 aliphatic carbocycles. The summed E-state index contributed by atoms with van der Waals surface area (Å²) in [6.07, 6.45) is -4.21. The van der Waals surface area contributed by atoms with Crippen molar-refractivity contribution in [2.75, 3.05) is 6.61 Å². The van der Waals surface area contributed by atoms with Crippen molar-refractivity contribution in [2.45, 2.75) is 24.5 Å². The zero-order chi connectivity index (χ0) is 15.3. The van der Waals surface area contributed by atoms with Crippen LogP contribution in [0.3, 0.4) is 0 Å². The molecule has 1 aromatic heterocycles. The second kappa shape index (κ2) is 5.59. The number of rotatable bonds is 2. The van der Waals surface area contributed by atoms with Gasteiger partial charge in [0.25, 0.3) is 0 Å². The number of hydrogen-bond acceptors (Lipinski definition) is 4. The normalized spacial score (nSPS) is 29.4. The Kier molecular flexibility index (Phi) is 4.09. The molecule has 1 aliphatic rings.